The van der Waals surface area contributed by atoms with Crippen molar-refractivity contribution in [3.63, 3.8) is 0 Å². The van der Waals surface area contributed by atoms with E-state index in [2.05, 4.69) is 10.6 Å². The molecule has 0 unspecified atom stereocenters. The van der Waals surface area contributed by atoms with E-state index in [1.165, 1.54) is 0 Å². The minimum absolute atomic E-state index is 0.00450. The first kappa shape index (κ1) is 20.3. The van der Waals surface area contributed by atoms with E-state index in [0.29, 0.717) is 25.8 Å². The normalized spacial score (nSPS) is 10.6. The summed E-state index contributed by atoms with van der Waals surface area (Å²) in [5, 5.41) is 5.03. The van der Waals surface area contributed by atoms with Gasteiger partial charge in [-0.2, -0.15) is 0 Å². The van der Waals surface area contributed by atoms with Crippen LogP contribution in [0.1, 0.15) is 53.4 Å². The summed E-state index contributed by atoms with van der Waals surface area (Å²) >= 11 is 0. The Balaban J connectivity index is 3.76. The highest BCUT2D eigenvalue weighted by molar-refractivity contribution is 5.98. The summed E-state index contributed by atoms with van der Waals surface area (Å²) in [5.41, 5.74) is 0. The molecule has 126 valence electrons. The Morgan fingerprint density at radius 1 is 0.909 bits per heavy atom. The van der Waals surface area contributed by atoms with Crippen LogP contribution in [0.2, 0.25) is 0 Å². The predicted molar refractivity (Wildman–Crippen MR) is 84.2 cm³/mol. The van der Waals surface area contributed by atoms with Gasteiger partial charge < -0.3 is 10.6 Å². The van der Waals surface area contributed by atoms with Gasteiger partial charge in [0, 0.05) is 25.3 Å². The number of hydrogen-bond donors (Lipinski definition) is 2. The number of Topliss-reactive ketones (excluding diaryl/α,β-unsaturated/α-hetero) is 2. The van der Waals surface area contributed by atoms with Crippen LogP contribution in [-0.4, -0.2) is 36.5 Å². The van der Waals surface area contributed by atoms with Crippen LogP contribution in [0, 0.1) is 11.8 Å². The largest absolute Gasteiger partial charge is 0.356 e. The summed E-state index contributed by atoms with van der Waals surface area (Å²) in [7, 11) is 0. The molecule has 6 heteroatoms. The number of rotatable bonds is 11. The van der Waals surface area contributed by atoms with Gasteiger partial charge in [-0.05, 0) is 12.3 Å². The van der Waals surface area contributed by atoms with E-state index in [-0.39, 0.29) is 36.4 Å². The van der Waals surface area contributed by atoms with Gasteiger partial charge in [-0.1, -0.05) is 27.7 Å². The molecule has 0 radical (unpaired) electrons. The van der Waals surface area contributed by atoms with Crippen LogP contribution in [0.5, 0.6) is 0 Å². The molecule has 0 rings (SSSR count). The lowest BCUT2D eigenvalue weighted by Crippen LogP contribution is -2.35. The highest BCUT2D eigenvalue weighted by Crippen LogP contribution is 2.01. The van der Waals surface area contributed by atoms with Crippen molar-refractivity contribution in [3.8, 4) is 0 Å². The molecule has 0 fully saturated rings. The zero-order valence-corrected chi connectivity index (χ0v) is 14.0. The molecule has 6 nitrogen and oxygen atoms in total. The average molecular weight is 312 g/mol. The van der Waals surface area contributed by atoms with Gasteiger partial charge in [0.2, 0.25) is 11.8 Å². The Morgan fingerprint density at radius 2 is 1.50 bits per heavy atom. The molecule has 0 aliphatic heterocycles. The maximum atomic E-state index is 11.5. The topological polar surface area (TPSA) is 92.3 Å². The first-order valence-corrected chi connectivity index (χ1v) is 7.80. The highest BCUT2D eigenvalue weighted by atomic mass is 16.2. The molecule has 0 aliphatic rings. The van der Waals surface area contributed by atoms with Crippen molar-refractivity contribution in [2.75, 3.05) is 13.1 Å². The molecule has 0 aliphatic carbocycles. The maximum absolute atomic E-state index is 11.5. The van der Waals surface area contributed by atoms with Crippen LogP contribution >= 0.6 is 0 Å². The van der Waals surface area contributed by atoms with E-state index >= 15 is 0 Å². The highest BCUT2D eigenvalue weighted by Gasteiger charge is 2.12. The minimum atomic E-state index is -0.465. The van der Waals surface area contributed by atoms with Crippen molar-refractivity contribution in [2.24, 2.45) is 11.8 Å². The second-order valence-electron chi connectivity index (χ2n) is 6.16. The monoisotopic (exact) mass is 312 g/mol. The van der Waals surface area contributed by atoms with Gasteiger partial charge in [0.15, 0.2) is 5.78 Å². The third-order valence-electron chi connectivity index (χ3n) is 3.01. The smallest absolute Gasteiger partial charge is 0.229 e. The fourth-order valence-electron chi connectivity index (χ4n) is 1.77. The fourth-order valence-corrected chi connectivity index (χ4v) is 1.77. The Morgan fingerprint density at radius 3 is 2.05 bits per heavy atom. The van der Waals surface area contributed by atoms with Crippen molar-refractivity contribution in [1.29, 1.82) is 0 Å². The molecule has 0 bridgehead atoms. The Kier molecular flexibility index (Phi) is 10.1. The molecule has 0 aromatic heterocycles. The molecule has 0 saturated heterocycles. The molecule has 0 atom stereocenters. The summed E-state index contributed by atoms with van der Waals surface area (Å²) in [6, 6.07) is 0. The molecule has 0 aromatic rings. The Hall–Kier alpha value is -1.72. The van der Waals surface area contributed by atoms with Gasteiger partial charge in [-0.15, -0.1) is 0 Å². The van der Waals surface area contributed by atoms with Crippen LogP contribution in [-0.2, 0) is 19.2 Å². The SMILES string of the molecule is CC(C)CC(=O)CNC(=O)CC(=O)NCCCC(=O)C(C)C. The van der Waals surface area contributed by atoms with E-state index < -0.39 is 11.8 Å². The molecular formula is C16H28N2O4. The molecule has 2 amide bonds. The van der Waals surface area contributed by atoms with Crippen LogP contribution in [0.4, 0.5) is 0 Å². The number of carbonyl (C=O) groups excluding carboxylic acids is 4. The summed E-state index contributed by atoms with van der Waals surface area (Å²) in [6.07, 6.45) is 1.11. The summed E-state index contributed by atoms with van der Waals surface area (Å²) in [5.74, 6) is -0.489. The molecule has 0 aromatic carbocycles. The zero-order valence-electron chi connectivity index (χ0n) is 14.0. The molecule has 2 N–H and O–H groups in total. The van der Waals surface area contributed by atoms with Crippen molar-refractivity contribution in [3.05, 3.63) is 0 Å². The first-order valence-electron chi connectivity index (χ1n) is 7.80. The minimum Gasteiger partial charge on any atom is -0.356 e. The third-order valence-corrected chi connectivity index (χ3v) is 3.01. The second kappa shape index (κ2) is 10.9. The number of nitrogens with one attached hydrogen (secondary N) is 2. The van der Waals surface area contributed by atoms with Gasteiger partial charge in [-0.25, -0.2) is 0 Å². The maximum Gasteiger partial charge on any atom is 0.229 e. The van der Waals surface area contributed by atoms with Crippen LogP contribution in [0.15, 0.2) is 0 Å². The predicted octanol–water partition coefficient (Wildman–Crippen LogP) is 1.23. The number of hydrogen-bond acceptors (Lipinski definition) is 4. The van der Waals surface area contributed by atoms with E-state index in [1.54, 1.807) is 0 Å². The molecule has 0 spiro atoms. The Bertz CT molecular complexity index is 403. The van der Waals surface area contributed by atoms with Crippen LogP contribution in [0.25, 0.3) is 0 Å². The van der Waals surface area contributed by atoms with E-state index in [0.717, 1.165) is 0 Å². The Labute approximate surface area is 132 Å². The van der Waals surface area contributed by atoms with Crippen molar-refractivity contribution < 1.29 is 19.2 Å². The molecule has 0 heterocycles. The van der Waals surface area contributed by atoms with Gasteiger partial charge in [-0.3, -0.25) is 19.2 Å². The number of amides is 2. The van der Waals surface area contributed by atoms with Crippen LogP contribution in [0.3, 0.4) is 0 Å². The van der Waals surface area contributed by atoms with Gasteiger partial charge in [0.05, 0.1) is 6.54 Å². The van der Waals surface area contributed by atoms with Crippen LogP contribution < -0.4 is 10.6 Å². The summed E-state index contributed by atoms with van der Waals surface area (Å²) < 4.78 is 0. The summed E-state index contributed by atoms with van der Waals surface area (Å²) in [4.78, 5) is 45.8. The van der Waals surface area contributed by atoms with Crippen molar-refractivity contribution >= 4 is 23.4 Å². The lowest BCUT2D eigenvalue weighted by atomic mass is 10.0. The standard InChI is InChI=1S/C16H28N2O4/c1-11(2)8-13(19)10-18-16(22)9-15(21)17-7-5-6-14(20)12(3)4/h11-12H,5-10H2,1-4H3,(H,17,21)(H,18,22). The molecule has 22 heavy (non-hydrogen) atoms. The van der Waals surface area contributed by atoms with E-state index in [1.807, 2.05) is 27.7 Å². The van der Waals surface area contributed by atoms with E-state index in [4.69, 9.17) is 0 Å². The average Bonchev–Trinajstić information content (AvgIpc) is 2.40. The van der Waals surface area contributed by atoms with Gasteiger partial charge in [0.1, 0.15) is 12.2 Å². The zero-order chi connectivity index (χ0) is 17.1. The summed E-state index contributed by atoms with van der Waals surface area (Å²) in [6.45, 7) is 7.87. The van der Waals surface area contributed by atoms with E-state index in [9.17, 15) is 19.2 Å². The van der Waals surface area contributed by atoms with Gasteiger partial charge in [0.25, 0.3) is 0 Å². The fraction of sp³-hybridized carbons (Fsp3) is 0.750. The van der Waals surface area contributed by atoms with Gasteiger partial charge >= 0.3 is 0 Å². The molecule has 0 saturated carbocycles. The molecular weight excluding hydrogens is 284 g/mol. The number of carbonyl (C=O) groups is 4. The lowest BCUT2D eigenvalue weighted by Gasteiger charge is -2.08. The number of ketones is 2. The second-order valence-corrected chi connectivity index (χ2v) is 6.16. The van der Waals surface area contributed by atoms with Crippen molar-refractivity contribution in [2.45, 2.75) is 53.4 Å². The lowest BCUT2D eigenvalue weighted by molar-refractivity contribution is -0.131. The first-order chi connectivity index (χ1) is 10.2. The van der Waals surface area contributed by atoms with Crippen molar-refractivity contribution in [1.82, 2.24) is 10.6 Å². The quantitative estimate of drug-likeness (QED) is 0.443. The third kappa shape index (κ3) is 11.0.